The molecule has 0 radical (unpaired) electrons. The van der Waals surface area contributed by atoms with Gasteiger partial charge in [-0.15, -0.1) is 0 Å². The molecule has 0 aliphatic carbocycles. The maximum absolute atomic E-state index is 12.3. The van der Waals surface area contributed by atoms with E-state index in [-0.39, 0.29) is 12.5 Å². The van der Waals surface area contributed by atoms with Gasteiger partial charge in [0.15, 0.2) is 18.1 Å². The smallest absolute Gasteiger partial charge is 0.262 e. The van der Waals surface area contributed by atoms with Crippen molar-refractivity contribution in [3.05, 3.63) is 47.5 Å². The first-order valence-corrected chi connectivity index (χ1v) is 8.73. The first-order chi connectivity index (χ1) is 12.7. The number of rotatable bonds is 6. The minimum Gasteiger partial charge on any atom is -0.493 e. The van der Waals surface area contributed by atoms with Gasteiger partial charge in [0.25, 0.3) is 5.91 Å². The summed E-state index contributed by atoms with van der Waals surface area (Å²) >= 11 is 6.23. The number of benzene rings is 2. The van der Waals surface area contributed by atoms with Gasteiger partial charge in [-0.05, 0) is 30.3 Å². The molecule has 1 N–H and O–H groups in total. The van der Waals surface area contributed by atoms with E-state index in [1.807, 2.05) is 24.3 Å². The van der Waals surface area contributed by atoms with Crippen molar-refractivity contribution in [3.63, 3.8) is 0 Å². The van der Waals surface area contributed by atoms with Crippen LogP contribution in [-0.2, 0) is 9.53 Å². The molecule has 1 saturated heterocycles. The summed E-state index contributed by atoms with van der Waals surface area (Å²) in [6, 6.07) is 12.8. The molecule has 2 aromatic rings. The Bertz CT molecular complexity index is 763. The number of methoxy groups -OCH3 is 1. The predicted molar refractivity (Wildman–Crippen MR) is 102 cm³/mol. The Morgan fingerprint density at radius 2 is 1.92 bits per heavy atom. The lowest BCUT2D eigenvalue weighted by Crippen LogP contribution is -2.36. The van der Waals surface area contributed by atoms with Crippen LogP contribution in [0.25, 0.3) is 0 Å². The highest BCUT2D eigenvalue weighted by Gasteiger charge is 2.14. The number of hydrogen-bond acceptors (Lipinski definition) is 5. The molecule has 3 rings (SSSR count). The van der Waals surface area contributed by atoms with E-state index in [1.54, 1.807) is 25.3 Å². The fraction of sp³-hybridized carbons (Fsp3) is 0.316. The zero-order valence-corrected chi connectivity index (χ0v) is 15.3. The molecule has 0 atom stereocenters. The van der Waals surface area contributed by atoms with Crippen molar-refractivity contribution >= 4 is 28.9 Å². The molecule has 2 aromatic carbocycles. The van der Waals surface area contributed by atoms with Crippen LogP contribution < -0.4 is 19.7 Å². The van der Waals surface area contributed by atoms with E-state index in [9.17, 15) is 4.79 Å². The Kier molecular flexibility index (Phi) is 6.20. The van der Waals surface area contributed by atoms with Crippen LogP contribution in [0.15, 0.2) is 42.5 Å². The number of para-hydroxylation sites is 2. The Labute approximate surface area is 157 Å². The van der Waals surface area contributed by atoms with Gasteiger partial charge in [0.05, 0.1) is 31.0 Å². The van der Waals surface area contributed by atoms with E-state index in [2.05, 4.69) is 10.2 Å². The van der Waals surface area contributed by atoms with Gasteiger partial charge in [-0.1, -0.05) is 23.7 Å². The molecule has 7 heteroatoms. The zero-order chi connectivity index (χ0) is 18.4. The molecule has 1 aliphatic rings. The quantitative estimate of drug-likeness (QED) is 0.838. The number of amides is 1. The van der Waals surface area contributed by atoms with Gasteiger partial charge >= 0.3 is 0 Å². The Hall–Kier alpha value is -2.44. The second-order valence-electron chi connectivity index (χ2n) is 5.75. The summed E-state index contributed by atoms with van der Waals surface area (Å²) in [5.74, 6) is 0.794. The number of ether oxygens (including phenoxy) is 3. The van der Waals surface area contributed by atoms with Gasteiger partial charge in [0.2, 0.25) is 0 Å². The molecule has 1 amide bonds. The fourth-order valence-electron chi connectivity index (χ4n) is 2.69. The van der Waals surface area contributed by atoms with E-state index in [1.165, 1.54) is 0 Å². The molecule has 0 spiro atoms. The normalized spacial score (nSPS) is 14.0. The van der Waals surface area contributed by atoms with Gasteiger partial charge in [-0.25, -0.2) is 0 Å². The molecule has 1 heterocycles. The van der Waals surface area contributed by atoms with Crippen molar-refractivity contribution in [3.8, 4) is 11.5 Å². The number of nitrogens with one attached hydrogen (secondary N) is 1. The number of carbonyl (C=O) groups is 1. The molecule has 0 unspecified atom stereocenters. The Morgan fingerprint density at radius 1 is 1.19 bits per heavy atom. The first kappa shape index (κ1) is 18.4. The van der Waals surface area contributed by atoms with Crippen molar-refractivity contribution < 1.29 is 19.0 Å². The van der Waals surface area contributed by atoms with Crippen LogP contribution in [0.4, 0.5) is 11.4 Å². The summed E-state index contributed by atoms with van der Waals surface area (Å²) < 4.78 is 16.1. The highest BCUT2D eigenvalue weighted by molar-refractivity contribution is 6.33. The van der Waals surface area contributed by atoms with E-state index < -0.39 is 0 Å². The summed E-state index contributed by atoms with van der Waals surface area (Å²) in [5.41, 5.74) is 1.56. The highest BCUT2D eigenvalue weighted by Crippen LogP contribution is 2.29. The van der Waals surface area contributed by atoms with Crippen molar-refractivity contribution in [2.45, 2.75) is 0 Å². The summed E-state index contributed by atoms with van der Waals surface area (Å²) in [7, 11) is 1.55. The molecule has 0 saturated carbocycles. The molecular weight excluding hydrogens is 356 g/mol. The highest BCUT2D eigenvalue weighted by atomic mass is 35.5. The Morgan fingerprint density at radius 3 is 2.65 bits per heavy atom. The van der Waals surface area contributed by atoms with Crippen LogP contribution in [-0.4, -0.2) is 45.9 Å². The number of morpholine rings is 1. The van der Waals surface area contributed by atoms with E-state index in [0.29, 0.717) is 35.4 Å². The van der Waals surface area contributed by atoms with Gasteiger partial charge in [-0.3, -0.25) is 4.79 Å². The number of anilines is 2. The molecule has 0 aromatic heterocycles. The van der Waals surface area contributed by atoms with Gasteiger partial charge < -0.3 is 24.4 Å². The van der Waals surface area contributed by atoms with Gasteiger partial charge in [-0.2, -0.15) is 0 Å². The summed E-state index contributed by atoms with van der Waals surface area (Å²) in [6.07, 6.45) is 0. The standard InChI is InChI=1S/C19H21ClN2O4/c1-24-17-4-2-3-5-18(17)26-13-19(23)21-16-12-14(6-7-15(16)20)22-8-10-25-11-9-22/h2-7,12H,8-11,13H2,1H3,(H,21,23). The lowest BCUT2D eigenvalue weighted by molar-refractivity contribution is -0.118. The summed E-state index contributed by atoms with van der Waals surface area (Å²) in [6.45, 7) is 2.87. The first-order valence-electron chi connectivity index (χ1n) is 8.35. The van der Waals surface area contributed by atoms with Crippen LogP contribution in [0.1, 0.15) is 0 Å². The second-order valence-corrected chi connectivity index (χ2v) is 6.16. The third-order valence-electron chi connectivity index (χ3n) is 4.03. The second kappa shape index (κ2) is 8.78. The van der Waals surface area contributed by atoms with Crippen molar-refractivity contribution in [2.75, 3.05) is 50.2 Å². The van der Waals surface area contributed by atoms with Crippen LogP contribution in [0.2, 0.25) is 5.02 Å². The largest absolute Gasteiger partial charge is 0.493 e. The average Bonchev–Trinajstić information content (AvgIpc) is 2.69. The zero-order valence-electron chi connectivity index (χ0n) is 14.5. The number of halogens is 1. The average molecular weight is 377 g/mol. The van der Waals surface area contributed by atoms with E-state index >= 15 is 0 Å². The predicted octanol–water partition coefficient (Wildman–Crippen LogP) is 3.20. The lowest BCUT2D eigenvalue weighted by Gasteiger charge is -2.29. The molecule has 6 nitrogen and oxygen atoms in total. The topological polar surface area (TPSA) is 60.0 Å². The van der Waals surface area contributed by atoms with Crippen LogP contribution >= 0.6 is 11.6 Å². The maximum atomic E-state index is 12.3. The maximum Gasteiger partial charge on any atom is 0.262 e. The summed E-state index contributed by atoms with van der Waals surface area (Å²) in [5, 5.41) is 3.28. The minimum absolute atomic E-state index is 0.140. The van der Waals surface area contributed by atoms with Gasteiger partial charge in [0, 0.05) is 18.8 Å². The number of hydrogen-bond donors (Lipinski definition) is 1. The molecule has 26 heavy (non-hydrogen) atoms. The van der Waals surface area contributed by atoms with E-state index in [4.69, 9.17) is 25.8 Å². The number of nitrogens with zero attached hydrogens (tertiary/aromatic N) is 1. The third-order valence-corrected chi connectivity index (χ3v) is 4.36. The molecule has 138 valence electrons. The minimum atomic E-state index is -0.295. The van der Waals surface area contributed by atoms with E-state index in [0.717, 1.165) is 18.8 Å². The Balaban J connectivity index is 1.63. The molecule has 0 bridgehead atoms. The van der Waals surface area contributed by atoms with Gasteiger partial charge in [0.1, 0.15) is 0 Å². The monoisotopic (exact) mass is 376 g/mol. The van der Waals surface area contributed by atoms with Crippen LogP contribution in [0.3, 0.4) is 0 Å². The SMILES string of the molecule is COc1ccccc1OCC(=O)Nc1cc(N2CCOCC2)ccc1Cl. The molecule has 1 fully saturated rings. The van der Waals surface area contributed by atoms with Crippen LogP contribution in [0.5, 0.6) is 11.5 Å². The number of carbonyl (C=O) groups excluding carboxylic acids is 1. The van der Waals surface area contributed by atoms with Crippen LogP contribution in [0, 0.1) is 0 Å². The fourth-order valence-corrected chi connectivity index (χ4v) is 2.86. The molecular formula is C19H21ClN2O4. The van der Waals surface area contributed by atoms with Crippen molar-refractivity contribution in [2.24, 2.45) is 0 Å². The lowest BCUT2D eigenvalue weighted by atomic mass is 10.2. The summed E-state index contributed by atoms with van der Waals surface area (Å²) in [4.78, 5) is 14.5. The van der Waals surface area contributed by atoms with Crippen molar-refractivity contribution in [1.82, 2.24) is 0 Å². The molecule has 1 aliphatic heterocycles. The third kappa shape index (κ3) is 4.59. The van der Waals surface area contributed by atoms with Crippen molar-refractivity contribution in [1.29, 1.82) is 0 Å².